The smallest absolute Gasteiger partial charge is 0.193 e. The van der Waals surface area contributed by atoms with Crippen molar-refractivity contribution in [2.45, 2.75) is 59.5 Å². The van der Waals surface area contributed by atoms with E-state index in [1.165, 1.54) is 6.42 Å². The lowest BCUT2D eigenvalue weighted by Gasteiger charge is -2.30. The maximum absolute atomic E-state index is 5.47. The zero-order valence-corrected chi connectivity index (χ0v) is 18.9. The van der Waals surface area contributed by atoms with Gasteiger partial charge in [-0.05, 0) is 47.5 Å². The molecule has 6 heteroatoms. The molecule has 1 rings (SSSR count). The Balaban J connectivity index is 0.00000529. The minimum atomic E-state index is 0. The van der Waals surface area contributed by atoms with Crippen molar-refractivity contribution in [3.8, 4) is 0 Å². The number of nitrogens with one attached hydrogen (secondary N) is 1. The van der Waals surface area contributed by atoms with Gasteiger partial charge < -0.3 is 15.0 Å². The molecule has 1 fully saturated rings. The molecule has 5 nitrogen and oxygen atoms in total. The van der Waals surface area contributed by atoms with Crippen LogP contribution < -0.4 is 5.32 Å². The van der Waals surface area contributed by atoms with E-state index in [1.54, 1.807) is 0 Å². The van der Waals surface area contributed by atoms with Crippen LogP contribution in [0.4, 0.5) is 0 Å². The first kappa shape index (κ1) is 23.9. The molecule has 24 heavy (non-hydrogen) atoms. The minimum absolute atomic E-state index is 0. The molecule has 0 radical (unpaired) electrons. The molecule has 0 amide bonds. The van der Waals surface area contributed by atoms with Gasteiger partial charge in [0.1, 0.15) is 0 Å². The highest BCUT2D eigenvalue weighted by atomic mass is 127. The minimum Gasteiger partial charge on any atom is -0.381 e. The molecule has 1 saturated heterocycles. The molecule has 1 aliphatic heterocycles. The van der Waals surface area contributed by atoms with Gasteiger partial charge in [0.2, 0.25) is 0 Å². The maximum Gasteiger partial charge on any atom is 0.193 e. The quantitative estimate of drug-likeness (QED) is 0.252. The molecule has 0 aliphatic carbocycles. The average Bonchev–Trinajstić information content (AvgIpc) is 2.97. The molecule has 0 aromatic heterocycles. The van der Waals surface area contributed by atoms with E-state index in [1.807, 2.05) is 0 Å². The predicted molar refractivity (Wildman–Crippen MR) is 115 cm³/mol. The van der Waals surface area contributed by atoms with Crippen LogP contribution in [0, 0.1) is 5.92 Å². The Morgan fingerprint density at radius 1 is 1.25 bits per heavy atom. The van der Waals surface area contributed by atoms with Crippen molar-refractivity contribution in [1.82, 2.24) is 15.1 Å². The summed E-state index contributed by atoms with van der Waals surface area (Å²) >= 11 is 0. The van der Waals surface area contributed by atoms with Crippen molar-refractivity contribution in [1.29, 1.82) is 0 Å². The second-order valence-electron chi connectivity index (χ2n) is 7.12. The monoisotopic (exact) mass is 454 g/mol. The summed E-state index contributed by atoms with van der Waals surface area (Å²) in [7, 11) is 2.13. The highest BCUT2D eigenvalue weighted by Gasteiger charge is 2.19. The topological polar surface area (TPSA) is 40.1 Å². The van der Waals surface area contributed by atoms with Crippen LogP contribution in [-0.2, 0) is 4.74 Å². The molecule has 144 valence electrons. The third kappa shape index (κ3) is 8.85. The Hall–Kier alpha value is -0.0800. The number of hydrogen-bond acceptors (Lipinski definition) is 3. The summed E-state index contributed by atoms with van der Waals surface area (Å²) in [6.07, 6.45) is 2.27. The zero-order chi connectivity index (χ0) is 17.2. The summed E-state index contributed by atoms with van der Waals surface area (Å²) in [6.45, 7) is 16.9. The standard InChI is InChI=1S/C18H38N4O.HI/c1-7-19-18(21(6)13-17-9-12-23-14-17)20-10-8-11-22(15(2)3)16(4)5;/h15-17H,7-14H2,1-6H3,(H,19,20);1H. The SMILES string of the molecule is CCNC(=NCCCN(C(C)C)C(C)C)N(C)CC1CCOC1.I. The fourth-order valence-corrected chi connectivity index (χ4v) is 3.22. The van der Waals surface area contributed by atoms with E-state index < -0.39 is 0 Å². The lowest BCUT2D eigenvalue weighted by atomic mass is 10.1. The molecule has 0 aromatic carbocycles. The van der Waals surface area contributed by atoms with Gasteiger partial charge >= 0.3 is 0 Å². The summed E-state index contributed by atoms with van der Waals surface area (Å²) in [5.41, 5.74) is 0. The summed E-state index contributed by atoms with van der Waals surface area (Å²) in [4.78, 5) is 9.60. The lowest BCUT2D eigenvalue weighted by molar-refractivity contribution is 0.174. The Kier molecular flexibility index (Phi) is 13.1. The number of guanidine groups is 1. The van der Waals surface area contributed by atoms with Crippen LogP contribution in [0.2, 0.25) is 0 Å². The van der Waals surface area contributed by atoms with Gasteiger partial charge in [-0.3, -0.25) is 9.89 Å². The van der Waals surface area contributed by atoms with E-state index >= 15 is 0 Å². The van der Waals surface area contributed by atoms with Crippen LogP contribution in [-0.4, -0.2) is 74.3 Å². The number of rotatable bonds is 9. The largest absolute Gasteiger partial charge is 0.381 e. The Bertz CT molecular complexity index is 336. The van der Waals surface area contributed by atoms with Crippen LogP contribution in [0.1, 0.15) is 47.5 Å². The summed E-state index contributed by atoms with van der Waals surface area (Å²) in [5, 5.41) is 3.41. The van der Waals surface area contributed by atoms with Crippen LogP contribution in [0.5, 0.6) is 0 Å². The van der Waals surface area contributed by atoms with Crippen LogP contribution in [0.25, 0.3) is 0 Å². The summed E-state index contributed by atoms with van der Waals surface area (Å²) in [5.74, 6) is 1.67. The molecule has 1 N–H and O–H groups in total. The highest BCUT2D eigenvalue weighted by Crippen LogP contribution is 2.13. The number of nitrogens with zero attached hydrogens (tertiary/aromatic N) is 3. The van der Waals surface area contributed by atoms with Crippen LogP contribution in [0.3, 0.4) is 0 Å². The van der Waals surface area contributed by atoms with Gasteiger partial charge in [0.05, 0.1) is 6.61 Å². The van der Waals surface area contributed by atoms with Gasteiger partial charge in [0, 0.05) is 57.8 Å². The fraction of sp³-hybridized carbons (Fsp3) is 0.944. The molecule has 1 heterocycles. The Morgan fingerprint density at radius 3 is 2.42 bits per heavy atom. The molecule has 0 bridgehead atoms. The first-order chi connectivity index (χ1) is 11.0. The molecule has 0 aromatic rings. The zero-order valence-electron chi connectivity index (χ0n) is 16.5. The maximum atomic E-state index is 5.47. The normalized spacial score (nSPS) is 18.4. The molecule has 0 saturated carbocycles. The Morgan fingerprint density at radius 2 is 1.92 bits per heavy atom. The van der Waals surface area contributed by atoms with E-state index in [0.29, 0.717) is 18.0 Å². The number of halogens is 1. The van der Waals surface area contributed by atoms with E-state index in [9.17, 15) is 0 Å². The van der Waals surface area contributed by atoms with Crippen molar-refractivity contribution >= 4 is 29.9 Å². The van der Waals surface area contributed by atoms with Gasteiger partial charge in [0.25, 0.3) is 0 Å². The van der Waals surface area contributed by atoms with Crippen molar-refractivity contribution < 1.29 is 4.74 Å². The first-order valence-electron chi connectivity index (χ1n) is 9.28. The second kappa shape index (κ2) is 13.2. The summed E-state index contributed by atoms with van der Waals surface area (Å²) in [6, 6.07) is 1.19. The van der Waals surface area contributed by atoms with Gasteiger partial charge in [-0.2, -0.15) is 0 Å². The fourth-order valence-electron chi connectivity index (χ4n) is 3.22. The molecular formula is C18H39IN4O. The molecular weight excluding hydrogens is 415 g/mol. The van der Waals surface area contributed by atoms with E-state index in [0.717, 1.165) is 51.8 Å². The van der Waals surface area contributed by atoms with Crippen molar-refractivity contribution in [3.05, 3.63) is 0 Å². The van der Waals surface area contributed by atoms with Crippen molar-refractivity contribution in [2.75, 3.05) is 46.4 Å². The molecule has 1 unspecified atom stereocenters. The van der Waals surface area contributed by atoms with E-state index in [2.05, 4.69) is 56.8 Å². The van der Waals surface area contributed by atoms with Crippen molar-refractivity contribution in [3.63, 3.8) is 0 Å². The highest BCUT2D eigenvalue weighted by molar-refractivity contribution is 14.0. The molecule has 0 spiro atoms. The van der Waals surface area contributed by atoms with E-state index in [-0.39, 0.29) is 24.0 Å². The third-order valence-corrected chi connectivity index (χ3v) is 4.42. The van der Waals surface area contributed by atoms with Crippen LogP contribution in [0.15, 0.2) is 4.99 Å². The van der Waals surface area contributed by atoms with Gasteiger partial charge in [-0.15, -0.1) is 24.0 Å². The predicted octanol–water partition coefficient (Wildman–Crippen LogP) is 3.05. The van der Waals surface area contributed by atoms with Crippen molar-refractivity contribution in [2.24, 2.45) is 10.9 Å². The lowest BCUT2D eigenvalue weighted by Crippen LogP contribution is -2.42. The number of hydrogen-bond donors (Lipinski definition) is 1. The van der Waals surface area contributed by atoms with Crippen LogP contribution >= 0.6 is 24.0 Å². The Labute approximate surface area is 166 Å². The first-order valence-corrected chi connectivity index (χ1v) is 9.28. The average molecular weight is 454 g/mol. The molecule has 1 atom stereocenters. The third-order valence-electron chi connectivity index (χ3n) is 4.42. The van der Waals surface area contributed by atoms with E-state index in [4.69, 9.17) is 9.73 Å². The van der Waals surface area contributed by atoms with Gasteiger partial charge in [-0.25, -0.2) is 0 Å². The second-order valence-corrected chi connectivity index (χ2v) is 7.12. The number of ether oxygens (including phenoxy) is 1. The number of aliphatic imine (C=N–C) groups is 1. The van der Waals surface area contributed by atoms with Gasteiger partial charge in [0.15, 0.2) is 5.96 Å². The van der Waals surface area contributed by atoms with Gasteiger partial charge in [-0.1, -0.05) is 0 Å². The molecule has 1 aliphatic rings. The summed E-state index contributed by atoms with van der Waals surface area (Å²) < 4.78 is 5.47.